The van der Waals surface area contributed by atoms with E-state index in [-0.39, 0.29) is 18.1 Å². The van der Waals surface area contributed by atoms with Crippen LogP contribution in [-0.2, 0) is 16.0 Å². The van der Waals surface area contributed by atoms with E-state index in [4.69, 9.17) is 18.9 Å². The zero-order chi connectivity index (χ0) is 16.9. The number of ether oxygens (including phenoxy) is 4. The lowest BCUT2D eigenvalue weighted by Crippen LogP contribution is -2.52. The third-order valence-electron chi connectivity index (χ3n) is 6.64. The van der Waals surface area contributed by atoms with E-state index in [9.17, 15) is 5.11 Å². The van der Waals surface area contributed by atoms with Crippen LogP contribution in [0, 0.1) is 5.92 Å². The molecule has 134 valence electrons. The van der Waals surface area contributed by atoms with E-state index < -0.39 is 11.9 Å². The van der Waals surface area contributed by atoms with Crippen LogP contribution in [0.2, 0.25) is 0 Å². The molecule has 2 bridgehead atoms. The van der Waals surface area contributed by atoms with Crippen LogP contribution in [0.3, 0.4) is 0 Å². The van der Waals surface area contributed by atoms with Crippen LogP contribution in [0.5, 0.6) is 11.5 Å². The Kier molecular flexibility index (Phi) is 2.77. The molecule has 1 N–H and O–H groups in total. The van der Waals surface area contributed by atoms with Crippen molar-refractivity contribution < 1.29 is 24.1 Å². The number of benzene rings is 1. The number of nitrogens with zero attached hydrogens (tertiary/aromatic N) is 1. The van der Waals surface area contributed by atoms with Crippen LogP contribution in [0.4, 0.5) is 0 Å². The highest BCUT2D eigenvalue weighted by molar-refractivity contribution is 5.51. The molecule has 6 heteroatoms. The Morgan fingerprint density at radius 1 is 1.16 bits per heavy atom. The summed E-state index contributed by atoms with van der Waals surface area (Å²) in [6.45, 7) is 6.06. The summed E-state index contributed by atoms with van der Waals surface area (Å²) in [5.74, 6) is 1.56. The molecule has 2 saturated heterocycles. The molecule has 0 aromatic heterocycles. The van der Waals surface area contributed by atoms with Gasteiger partial charge in [0.2, 0.25) is 6.79 Å². The number of hydrogen-bond donors (Lipinski definition) is 1. The molecule has 1 aromatic rings. The van der Waals surface area contributed by atoms with Crippen molar-refractivity contribution in [1.29, 1.82) is 0 Å². The average molecular weight is 345 g/mol. The van der Waals surface area contributed by atoms with Crippen LogP contribution in [0.25, 0.3) is 0 Å². The van der Waals surface area contributed by atoms with Crippen LogP contribution in [-0.4, -0.2) is 53.5 Å². The highest BCUT2D eigenvalue weighted by atomic mass is 16.8. The molecule has 1 aliphatic carbocycles. The highest BCUT2D eigenvalue weighted by Gasteiger charge is 2.59. The molecule has 1 saturated carbocycles. The Bertz CT molecular complexity index is 750. The second-order valence-electron chi connectivity index (χ2n) is 8.45. The lowest BCUT2D eigenvalue weighted by molar-refractivity contribution is -0.156. The van der Waals surface area contributed by atoms with Crippen molar-refractivity contribution in [2.45, 2.75) is 62.9 Å². The van der Waals surface area contributed by atoms with Crippen LogP contribution < -0.4 is 9.47 Å². The predicted molar refractivity (Wildman–Crippen MR) is 87.4 cm³/mol. The van der Waals surface area contributed by atoms with E-state index in [1.54, 1.807) is 0 Å². The van der Waals surface area contributed by atoms with Gasteiger partial charge in [0.05, 0.1) is 12.2 Å². The number of rotatable bonds is 0. The fourth-order valence-electron chi connectivity index (χ4n) is 5.77. The quantitative estimate of drug-likeness (QED) is 0.771. The fraction of sp³-hybridized carbons (Fsp3) is 0.684. The third kappa shape index (κ3) is 1.94. The summed E-state index contributed by atoms with van der Waals surface area (Å²) in [7, 11) is 0. The number of hydrogen-bond acceptors (Lipinski definition) is 6. The van der Waals surface area contributed by atoms with E-state index >= 15 is 0 Å². The summed E-state index contributed by atoms with van der Waals surface area (Å²) in [4.78, 5) is 2.51. The maximum Gasteiger partial charge on any atom is 0.231 e. The zero-order valence-corrected chi connectivity index (χ0v) is 14.5. The van der Waals surface area contributed by atoms with E-state index in [0.29, 0.717) is 18.8 Å². The van der Waals surface area contributed by atoms with Crippen molar-refractivity contribution >= 4 is 0 Å². The van der Waals surface area contributed by atoms with Gasteiger partial charge in [-0.3, -0.25) is 4.90 Å². The van der Waals surface area contributed by atoms with E-state index in [2.05, 4.69) is 17.0 Å². The van der Waals surface area contributed by atoms with Gasteiger partial charge in [-0.25, -0.2) is 0 Å². The van der Waals surface area contributed by atoms with Gasteiger partial charge in [0.25, 0.3) is 0 Å². The molecule has 4 aliphatic heterocycles. The normalized spacial score (nSPS) is 45.0. The minimum atomic E-state index is -0.608. The largest absolute Gasteiger partial charge is 0.454 e. The SMILES string of the molecule is CC1(C)O[C@H]2[C@H](O)[C@@H]3[C@H]4CN(Cc5cc6c(cc54)OCO6)[C@H]3C[C@H]2O1. The molecule has 3 fully saturated rings. The standard InChI is InChI=1S/C19H23NO5/c1-19(2)24-15-5-12-16(17(21)18(15)25-19)11-7-20(12)6-9-3-13-14(4-10(9)11)23-8-22-13/h3-4,11-12,15-18,21H,5-8H2,1-2H3/t11-,12-,15+,16+,17+,18+/m0/s1. The molecular formula is C19H23NO5. The monoisotopic (exact) mass is 345 g/mol. The average Bonchev–Trinajstić information content (AvgIpc) is 3.21. The second kappa shape index (κ2) is 4.68. The molecule has 0 spiro atoms. The smallest absolute Gasteiger partial charge is 0.231 e. The summed E-state index contributed by atoms with van der Waals surface area (Å²) < 4.78 is 23.3. The summed E-state index contributed by atoms with van der Waals surface area (Å²) >= 11 is 0. The van der Waals surface area contributed by atoms with Crippen molar-refractivity contribution in [1.82, 2.24) is 4.90 Å². The third-order valence-corrected chi connectivity index (χ3v) is 6.64. The Hall–Kier alpha value is -1.34. The molecular weight excluding hydrogens is 322 g/mol. The molecule has 6 rings (SSSR count). The van der Waals surface area contributed by atoms with Gasteiger partial charge < -0.3 is 24.1 Å². The van der Waals surface area contributed by atoms with Crippen molar-refractivity contribution in [3.63, 3.8) is 0 Å². The van der Waals surface area contributed by atoms with E-state index in [1.165, 1.54) is 11.1 Å². The van der Waals surface area contributed by atoms with Crippen LogP contribution >= 0.6 is 0 Å². The van der Waals surface area contributed by atoms with Crippen molar-refractivity contribution in [2.75, 3.05) is 13.3 Å². The first kappa shape index (κ1) is 14.8. The summed E-state index contributed by atoms with van der Waals surface area (Å²) in [6, 6.07) is 4.59. The first-order chi connectivity index (χ1) is 12.0. The molecule has 7 atom stereocenters. The molecule has 1 unspecified atom stereocenters. The Morgan fingerprint density at radius 2 is 1.96 bits per heavy atom. The van der Waals surface area contributed by atoms with Crippen LogP contribution in [0.15, 0.2) is 12.1 Å². The number of aliphatic hydroxyl groups excluding tert-OH is 1. The zero-order valence-electron chi connectivity index (χ0n) is 14.5. The maximum absolute atomic E-state index is 11.2. The summed E-state index contributed by atoms with van der Waals surface area (Å²) in [6.07, 6.45) is 0.170. The summed E-state index contributed by atoms with van der Waals surface area (Å²) in [5, 5.41) is 11.2. The molecule has 0 amide bonds. The topological polar surface area (TPSA) is 60.4 Å². The fourth-order valence-corrected chi connectivity index (χ4v) is 5.77. The van der Waals surface area contributed by atoms with Gasteiger partial charge >= 0.3 is 0 Å². The molecule has 5 aliphatic rings. The molecule has 1 aromatic carbocycles. The first-order valence-corrected chi connectivity index (χ1v) is 9.20. The predicted octanol–water partition coefficient (Wildman–Crippen LogP) is 1.60. The molecule has 25 heavy (non-hydrogen) atoms. The van der Waals surface area contributed by atoms with Gasteiger partial charge in [-0.15, -0.1) is 0 Å². The Morgan fingerprint density at radius 3 is 2.80 bits per heavy atom. The lowest BCUT2D eigenvalue weighted by Gasteiger charge is -2.40. The molecule has 6 nitrogen and oxygen atoms in total. The van der Waals surface area contributed by atoms with E-state index in [0.717, 1.165) is 31.0 Å². The molecule has 0 radical (unpaired) electrons. The van der Waals surface area contributed by atoms with Crippen molar-refractivity contribution in [2.24, 2.45) is 5.92 Å². The number of aliphatic hydroxyl groups is 1. The van der Waals surface area contributed by atoms with Crippen molar-refractivity contribution in [3.8, 4) is 11.5 Å². The van der Waals surface area contributed by atoms with Gasteiger partial charge in [0.1, 0.15) is 6.10 Å². The maximum atomic E-state index is 11.2. The van der Waals surface area contributed by atoms with Crippen molar-refractivity contribution in [3.05, 3.63) is 23.3 Å². The van der Waals surface area contributed by atoms with Crippen LogP contribution in [0.1, 0.15) is 37.3 Å². The highest BCUT2D eigenvalue weighted by Crippen LogP contribution is 2.54. The van der Waals surface area contributed by atoms with Gasteiger partial charge in [-0.2, -0.15) is 0 Å². The van der Waals surface area contributed by atoms with Gasteiger partial charge in [-0.1, -0.05) is 0 Å². The van der Waals surface area contributed by atoms with Gasteiger partial charge in [0, 0.05) is 31.0 Å². The second-order valence-corrected chi connectivity index (χ2v) is 8.45. The first-order valence-electron chi connectivity index (χ1n) is 9.20. The van der Waals surface area contributed by atoms with E-state index in [1.807, 2.05) is 13.8 Å². The minimum Gasteiger partial charge on any atom is -0.454 e. The minimum absolute atomic E-state index is 0.0228. The Balaban J connectivity index is 1.40. The lowest BCUT2D eigenvalue weighted by atomic mass is 9.73. The number of fused-ring (bicyclic) bond motifs is 9. The summed E-state index contributed by atoms with van der Waals surface area (Å²) in [5.41, 5.74) is 2.61. The molecule has 4 heterocycles. The Labute approximate surface area is 146 Å². The van der Waals surface area contributed by atoms with Gasteiger partial charge in [0.15, 0.2) is 17.3 Å². The van der Waals surface area contributed by atoms with Gasteiger partial charge in [-0.05, 0) is 43.5 Å².